The van der Waals surface area contributed by atoms with Crippen molar-refractivity contribution in [1.29, 1.82) is 0 Å². The molecular weight excluding hydrogens is 253 g/mol. The van der Waals surface area contributed by atoms with Crippen LogP contribution in [0.1, 0.15) is 30.1 Å². The summed E-state index contributed by atoms with van der Waals surface area (Å²) in [7, 11) is 1.41. The van der Waals surface area contributed by atoms with E-state index in [1.54, 1.807) is 6.92 Å². The van der Waals surface area contributed by atoms with Gasteiger partial charge in [0, 0.05) is 18.5 Å². The minimum Gasteiger partial charge on any atom is -0.497 e. The zero-order valence-electron chi connectivity index (χ0n) is 10.8. The maximum atomic E-state index is 13.6. The summed E-state index contributed by atoms with van der Waals surface area (Å²) in [5, 5.41) is 11.1. The van der Waals surface area contributed by atoms with Crippen LogP contribution in [-0.2, 0) is 4.79 Å². The Bertz CT molecular complexity index is 476. The summed E-state index contributed by atoms with van der Waals surface area (Å²) in [4.78, 5) is 22.2. The van der Waals surface area contributed by atoms with Crippen molar-refractivity contribution in [2.24, 2.45) is 0 Å². The van der Waals surface area contributed by atoms with Crippen LogP contribution < -0.4 is 10.1 Å². The van der Waals surface area contributed by atoms with E-state index in [1.165, 1.54) is 19.2 Å². The predicted octanol–water partition coefficient (Wildman–Crippen LogP) is 1.82. The maximum Gasteiger partial charge on any atom is 0.303 e. The molecule has 1 rings (SSSR count). The molecule has 1 aromatic rings. The minimum atomic E-state index is -0.934. The number of carboxylic acids is 1. The van der Waals surface area contributed by atoms with Crippen molar-refractivity contribution in [1.82, 2.24) is 5.32 Å². The van der Waals surface area contributed by atoms with Gasteiger partial charge in [-0.15, -0.1) is 0 Å². The highest BCUT2D eigenvalue weighted by Gasteiger charge is 2.15. The lowest BCUT2D eigenvalue weighted by atomic mass is 10.1. The molecule has 19 heavy (non-hydrogen) atoms. The number of rotatable bonds is 6. The SMILES string of the molecule is COc1ccc(C(=O)NC(C)CCC(=O)O)c(F)c1. The molecule has 2 N–H and O–H groups in total. The third-order valence-corrected chi connectivity index (χ3v) is 2.59. The van der Waals surface area contributed by atoms with E-state index in [-0.39, 0.29) is 18.0 Å². The monoisotopic (exact) mass is 269 g/mol. The van der Waals surface area contributed by atoms with E-state index in [0.29, 0.717) is 12.2 Å². The smallest absolute Gasteiger partial charge is 0.303 e. The fraction of sp³-hybridized carbons (Fsp3) is 0.385. The average molecular weight is 269 g/mol. The second kappa shape index (κ2) is 6.72. The Kier molecular flexibility index (Phi) is 5.29. The van der Waals surface area contributed by atoms with Crippen molar-refractivity contribution in [3.05, 3.63) is 29.6 Å². The molecule has 1 aromatic carbocycles. The Hall–Kier alpha value is -2.11. The number of carbonyl (C=O) groups is 2. The highest BCUT2D eigenvalue weighted by Crippen LogP contribution is 2.16. The number of hydrogen-bond acceptors (Lipinski definition) is 3. The van der Waals surface area contributed by atoms with Gasteiger partial charge in [0.05, 0.1) is 12.7 Å². The second-order valence-electron chi connectivity index (χ2n) is 4.15. The van der Waals surface area contributed by atoms with Crippen molar-refractivity contribution in [3.8, 4) is 5.75 Å². The Morgan fingerprint density at radius 1 is 1.47 bits per heavy atom. The standard InChI is InChI=1S/C13H16FNO4/c1-8(3-6-12(16)17)15-13(18)10-5-4-9(19-2)7-11(10)14/h4-5,7-8H,3,6H2,1-2H3,(H,15,18)(H,16,17). The molecule has 1 atom stereocenters. The zero-order chi connectivity index (χ0) is 14.4. The van der Waals surface area contributed by atoms with Gasteiger partial charge in [0.1, 0.15) is 11.6 Å². The van der Waals surface area contributed by atoms with Gasteiger partial charge in [-0.25, -0.2) is 4.39 Å². The minimum absolute atomic E-state index is 0.0491. The maximum absolute atomic E-state index is 13.6. The Morgan fingerprint density at radius 3 is 2.68 bits per heavy atom. The van der Waals surface area contributed by atoms with Gasteiger partial charge in [-0.1, -0.05) is 0 Å². The zero-order valence-corrected chi connectivity index (χ0v) is 10.8. The molecule has 0 fully saturated rings. The summed E-state index contributed by atoms with van der Waals surface area (Å²) >= 11 is 0. The third-order valence-electron chi connectivity index (χ3n) is 2.59. The molecule has 1 amide bonds. The lowest BCUT2D eigenvalue weighted by Gasteiger charge is -2.13. The van der Waals surface area contributed by atoms with Crippen molar-refractivity contribution < 1.29 is 23.8 Å². The topological polar surface area (TPSA) is 75.6 Å². The van der Waals surface area contributed by atoms with Crippen LogP contribution in [0.2, 0.25) is 0 Å². The number of methoxy groups -OCH3 is 1. The molecule has 0 aliphatic heterocycles. The first-order valence-electron chi connectivity index (χ1n) is 5.80. The molecule has 5 nitrogen and oxygen atoms in total. The third kappa shape index (κ3) is 4.57. The first-order valence-corrected chi connectivity index (χ1v) is 5.80. The van der Waals surface area contributed by atoms with Gasteiger partial charge < -0.3 is 15.2 Å². The normalized spacial score (nSPS) is 11.7. The van der Waals surface area contributed by atoms with Crippen molar-refractivity contribution in [2.45, 2.75) is 25.8 Å². The summed E-state index contributed by atoms with van der Waals surface area (Å²) in [6, 6.07) is 3.59. The van der Waals surface area contributed by atoms with Crippen LogP contribution in [0.5, 0.6) is 5.75 Å². The predicted molar refractivity (Wildman–Crippen MR) is 66.8 cm³/mol. The van der Waals surface area contributed by atoms with Gasteiger partial charge in [-0.2, -0.15) is 0 Å². The Labute approximate surface area is 110 Å². The molecule has 104 valence electrons. The van der Waals surface area contributed by atoms with Gasteiger partial charge in [0.25, 0.3) is 5.91 Å². The summed E-state index contributed by atoms with van der Waals surface area (Å²) in [6.07, 6.45) is 0.241. The lowest BCUT2D eigenvalue weighted by molar-refractivity contribution is -0.137. The quantitative estimate of drug-likeness (QED) is 0.826. The molecule has 0 aliphatic carbocycles. The first kappa shape index (κ1) is 14.9. The van der Waals surface area contributed by atoms with Crippen LogP contribution in [-0.4, -0.2) is 30.1 Å². The number of ether oxygens (including phenoxy) is 1. The van der Waals surface area contributed by atoms with Crippen LogP contribution in [0.15, 0.2) is 18.2 Å². The number of halogens is 1. The number of aliphatic carboxylic acids is 1. The van der Waals surface area contributed by atoms with E-state index in [1.807, 2.05) is 0 Å². The fourth-order valence-electron chi connectivity index (χ4n) is 1.52. The molecule has 6 heteroatoms. The van der Waals surface area contributed by atoms with Crippen LogP contribution in [0.25, 0.3) is 0 Å². The van der Waals surface area contributed by atoms with Gasteiger partial charge in [-0.3, -0.25) is 9.59 Å². The van der Waals surface area contributed by atoms with E-state index in [4.69, 9.17) is 9.84 Å². The molecule has 0 heterocycles. The van der Waals surface area contributed by atoms with Gasteiger partial charge in [-0.05, 0) is 25.5 Å². The van der Waals surface area contributed by atoms with Crippen molar-refractivity contribution in [3.63, 3.8) is 0 Å². The summed E-state index contributed by atoms with van der Waals surface area (Å²) in [6.45, 7) is 1.67. The van der Waals surface area contributed by atoms with Crippen LogP contribution >= 0.6 is 0 Å². The molecule has 1 unspecified atom stereocenters. The lowest BCUT2D eigenvalue weighted by Crippen LogP contribution is -2.33. The van der Waals surface area contributed by atoms with E-state index < -0.39 is 17.7 Å². The summed E-state index contributed by atoms with van der Waals surface area (Å²) in [5.74, 6) is -1.86. The number of amides is 1. The molecule has 0 aliphatic rings. The largest absolute Gasteiger partial charge is 0.497 e. The summed E-state index contributed by atoms with van der Waals surface area (Å²) < 4.78 is 18.5. The average Bonchev–Trinajstić information content (AvgIpc) is 2.35. The molecule has 0 spiro atoms. The highest BCUT2D eigenvalue weighted by molar-refractivity contribution is 5.94. The number of hydrogen-bond donors (Lipinski definition) is 2. The van der Waals surface area contributed by atoms with E-state index in [2.05, 4.69) is 5.32 Å². The second-order valence-corrected chi connectivity index (χ2v) is 4.15. The molecule has 0 aromatic heterocycles. The first-order chi connectivity index (χ1) is 8.93. The fourth-order valence-corrected chi connectivity index (χ4v) is 1.52. The molecule has 0 radical (unpaired) electrons. The Balaban J connectivity index is 2.65. The van der Waals surface area contributed by atoms with Gasteiger partial charge >= 0.3 is 5.97 Å². The van der Waals surface area contributed by atoms with Crippen LogP contribution in [0.3, 0.4) is 0 Å². The number of benzene rings is 1. The molecular formula is C13H16FNO4. The van der Waals surface area contributed by atoms with Crippen LogP contribution in [0.4, 0.5) is 4.39 Å². The number of carbonyl (C=O) groups excluding carboxylic acids is 1. The van der Waals surface area contributed by atoms with Crippen molar-refractivity contribution >= 4 is 11.9 Å². The van der Waals surface area contributed by atoms with Gasteiger partial charge in [0.2, 0.25) is 0 Å². The number of nitrogens with one attached hydrogen (secondary N) is 1. The molecule has 0 bridgehead atoms. The molecule has 0 saturated carbocycles. The Morgan fingerprint density at radius 2 is 2.16 bits per heavy atom. The van der Waals surface area contributed by atoms with Gasteiger partial charge in [0.15, 0.2) is 0 Å². The van der Waals surface area contributed by atoms with E-state index in [9.17, 15) is 14.0 Å². The molecule has 0 saturated heterocycles. The van der Waals surface area contributed by atoms with E-state index >= 15 is 0 Å². The highest BCUT2D eigenvalue weighted by atomic mass is 19.1. The van der Waals surface area contributed by atoms with Crippen molar-refractivity contribution in [2.75, 3.05) is 7.11 Å². The van der Waals surface area contributed by atoms with Crippen LogP contribution in [0, 0.1) is 5.82 Å². The number of carboxylic acid groups (broad SMARTS) is 1. The summed E-state index contributed by atoms with van der Waals surface area (Å²) in [5.41, 5.74) is -0.0945. The van der Waals surface area contributed by atoms with E-state index in [0.717, 1.165) is 6.07 Å².